The number of halogens is 1. The van der Waals surface area contributed by atoms with Crippen LogP contribution in [-0.2, 0) is 11.3 Å². The quantitative estimate of drug-likeness (QED) is 0.884. The average molecular weight is 330 g/mol. The summed E-state index contributed by atoms with van der Waals surface area (Å²) in [6.45, 7) is 0.214. The molecule has 2 atom stereocenters. The first-order valence-electron chi connectivity index (χ1n) is 7.95. The molecule has 1 heterocycles. The van der Waals surface area contributed by atoms with Gasteiger partial charge in [0.1, 0.15) is 5.75 Å². The lowest BCUT2D eigenvalue weighted by molar-refractivity contribution is -0.127. The fourth-order valence-electron chi connectivity index (χ4n) is 2.84. The number of hydrogen-bond acceptors (Lipinski definition) is 4. The number of carbonyl (C=O) groups excluding carboxylic acids is 1. The van der Waals surface area contributed by atoms with Crippen molar-refractivity contribution >= 4 is 5.91 Å². The van der Waals surface area contributed by atoms with Crippen molar-refractivity contribution in [2.75, 3.05) is 0 Å². The van der Waals surface area contributed by atoms with Gasteiger partial charge in [-0.05, 0) is 49.1 Å². The number of benzene rings is 1. The molecule has 2 N–H and O–H groups in total. The van der Waals surface area contributed by atoms with E-state index in [-0.39, 0.29) is 24.1 Å². The molecule has 6 heteroatoms. The van der Waals surface area contributed by atoms with Gasteiger partial charge in [0.05, 0.1) is 18.2 Å². The first-order valence-corrected chi connectivity index (χ1v) is 7.95. The Morgan fingerprint density at radius 1 is 1.38 bits per heavy atom. The molecule has 1 aliphatic rings. The van der Waals surface area contributed by atoms with Crippen LogP contribution >= 0.6 is 0 Å². The van der Waals surface area contributed by atoms with Gasteiger partial charge in [-0.3, -0.25) is 9.78 Å². The predicted octanol–water partition coefficient (Wildman–Crippen LogP) is 2.79. The Morgan fingerprint density at radius 2 is 2.25 bits per heavy atom. The van der Waals surface area contributed by atoms with Gasteiger partial charge in [0.2, 0.25) is 5.91 Å². The number of aliphatic hydroxyl groups is 1. The second-order valence-electron chi connectivity index (χ2n) is 5.88. The van der Waals surface area contributed by atoms with Gasteiger partial charge in [0, 0.05) is 12.7 Å². The molecule has 1 aromatic heterocycles. The van der Waals surface area contributed by atoms with E-state index in [0.717, 1.165) is 6.42 Å². The van der Waals surface area contributed by atoms with Gasteiger partial charge < -0.3 is 15.2 Å². The van der Waals surface area contributed by atoms with Crippen molar-refractivity contribution < 1.29 is 19.0 Å². The molecular weight excluding hydrogens is 311 g/mol. The van der Waals surface area contributed by atoms with Gasteiger partial charge in [-0.1, -0.05) is 6.07 Å². The van der Waals surface area contributed by atoms with Crippen LogP contribution in [0.1, 0.15) is 24.8 Å². The molecule has 2 unspecified atom stereocenters. The van der Waals surface area contributed by atoms with Crippen LogP contribution in [0.4, 0.5) is 4.39 Å². The number of pyridine rings is 1. The second kappa shape index (κ2) is 7.40. The minimum atomic E-state index is -0.572. The van der Waals surface area contributed by atoms with E-state index in [9.17, 15) is 14.3 Å². The van der Waals surface area contributed by atoms with Crippen molar-refractivity contribution in [3.8, 4) is 11.5 Å². The van der Waals surface area contributed by atoms with Crippen LogP contribution in [-0.4, -0.2) is 22.1 Å². The summed E-state index contributed by atoms with van der Waals surface area (Å²) in [5.41, 5.74) is 0.631. The smallest absolute Gasteiger partial charge is 0.225 e. The monoisotopic (exact) mass is 330 g/mol. The standard InChI is InChI=1S/C18H19FN2O3/c19-15-9-12(10-21-18(23)14-4-1-5-16(14)22)6-7-17(15)24-13-3-2-8-20-11-13/h2-3,6-9,11,14,16,22H,1,4-5,10H2,(H,21,23). The molecule has 1 saturated carbocycles. The van der Waals surface area contributed by atoms with E-state index in [1.165, 1.54) is 18.3 Å². The predicted molar refractivity (Wildman–Crippen MR) is 85.9 cm³/mol. The summed E-state index contributed by atoms with van der Waals surface area (Å²) in [7, 11) is 0. The number of hydrogen-bond donors (Lipinski definition) is 2. The molecule has 1 aliphatic carbocycles. The van der Waals surface area contributed by atoms with E-state index in [2.05, 4.69) is 10.3 Å². The third kappa shape index (κ3) is 3.89. The summed E-state index contributed by atoms with van der Waals surface area (Å²) in [6, 6.07) is 7.94. The van der Waals surface area contributed by atoms with Gasteiger partial charge in [-0.15, -0.1) is 0 Å². The van der Waals surface area contributed by atoms with E-state index in [1.54, 1.807) is 24.4 Å². The number of aliphatic hydroxyl groups excluding tert-OH is 1. The van der Waals surface area contributed by atoms with Crippen LogP contribution in [0.2, 0.25) is 0 Å². The Bertz CT molecular complexity index is 709. The summed E-state index contributed by atoms with van der Waals surface area (Å²) >= 11 is 0. The zero-order valence-electron chi connectivity index (χ0n) is 13.1. The van der Waals surface area contributed by atoms with Crippen LogP contribution in [0.25, 0.3) is 0 Å². The minimum absolute atomic E-state index is 0.101. The normalized spacial score (nSPS) is 19.9. The molecule has 0 radical (unpaired) electrons. The highest BCUT2D eigenvalue weighted by molar-refractivity contribution is 5.79. The molecular formula is C18H19FN2O3. The molecule has 0 spiro atoms. The molecule has 1 fully saturated rings. The zero-order valence-corrected chi connectivity index (χ0v) is 13.1. The molecule has 1 aromatic carbocycles. The molecule has 0 bridgehead atoms. The summed E-state index contributed by atoms with van der Waals surface area (Å²) in [5.74, 6) is -0.498. The Morgan fingerprint density at radius 3 is 2.92 bits per heavy atom. The highest BCUT2D eigenvalue weighted by atomic mass is 19.1. The topological polar surface area (TPSA) is 71.5 Å². The summed E-state index contributed by atoms with van der Waals surface area (Å²) in [5, 5.41) is 12.5. The van der Waals surface area contributed by atoms with Gasteiger partial charge >= 0.3 is 0 Å². The van der Waals surface area contributed by atoms with Gasteiger partial charge in [0.15, 0.2) is 11.6 Å². The molecule has 24 heavy (non-hydrogen) atoms. The maximum atomic E-state index is 14.1. The van der Waals surface area contributed by atoms with Crippen LogP contribution < -0.4 is 10.1 Å². The Balaban J connectivity index is 1.59. The lowest BCUT2D eigenvalue weighted by atomic mass is 10.1. The van der Waals surface area contributed by atoms with E-state index < -0.39 is 11.9 Å². The van der Waals surface area contributed by atoms with Gasteiger partial charge in [-0.25, -0.2) is 4.39 Å². The second-order valence-corrected chi connectivity index (χ2v) is 5.88. The van der Waals surface area contributed by atoms with Crippen LogP contribution in [0.15, 0.2) is 42.7 Å². The maximum absolute atomic E-state index is 14.1. The number of rotatable bonds is 5. The maximum Gasteiger partial charge on any atom is 0.225 e. The minimum Gasteiger partial charge on any atom is -0.453 e. The van der Waals surface area contributed by atoms with Gasteiger partial charge in [0.25, 0.3) is 0 Å². The number of ether oxygens (including phenoxy) is 1. The molecule has 0 saturated heterocycles. The van der Waals surface area contributed by atoms with E-state index in [1.807, 2.05) is 0 Å². The lowest BCUT2D eigenvalue weighted by Gasteiger charge is -2.14. The summed E-state index contributed by atoms with van der Waals surface area (Å²) in [4.78, 5) is 15.9. The first-order chi connectivity index (χ1) is 11.6. The molecule has 2 aromatic rings. The SMILES string of the molecule is O=C(NCc1ccc(Oc2cccnc2)c(F)c1)C1CCCC1O. The summed E-state index contributed by atoms with van der Waals surface area (Å²) in [6.07, 6.45) is 4.74. The van der Waals surface area contributed by atoms with E-state index in [0.29, 0.717) is 24.2 Å². The van der Waals surface area contributed by atoms with Crippen molar-refractivity contribution in [3.63, 3.8) is 0 Å². The van der Waals surface area contributed by atoms with Crippen molar-refractivity contribution in [2.45, 2.75) is 31.9 Å². The number of aromatic nitrogens is 1. The fourth-order valence-corrected chi connectivity index (χ4v) is 2.84. The number of amides is 1. The molecule has 3 rings (SSSR count). The van der Waals surface area contributed by atoms with Crippen molar-refractivity contribution in [3.05, 3.63) is 54.1 Å². The largest absolute Gasteiger partial charge is 0.453 e. The third-order valence-electron chi connectivity index (χ3n) is 4.14. The van der Waals surface area contributed by atoms with Crippen LogP contribution in [0.5, 0.6) is 11.5 Å². The highest BCUT2D eigenvalue weighted by Gasteiger charge is 2.31. The number of nitrogens with one attached hydrogen (secondary N) is 1. The molecule has 1 amide bonds. The fraction of sp³-hybridized carbons (Fsp3) is 0.333. The van der Waals surface area contributed by atoms with Crippen molar-refractivity contribution in [2.24, 2.45) is 5.92 Å². The number of nitrogens with zero attached hydrogens (tertiary/aromatic N) is 1. The van der Waals surface area contributed by atoms with Crippen molar-refractivity contribution in [1.29, 1.82) is 0 Å². The third-order valence-corrected chi connectivity index (χ3v) is 4.14. The number of carbonyl (C=O) groups is 1. The van der Waals surface area contributed by atoms with Crippen LogP contribution in [0, 0.1) is 11.7 Å². The van der Waals surface area contributed by atoms with Crippen molar-refractivity contribution in [1.82, 2.24) is 10.3 Å². The first kappa shape index (κ1) is 16.4. The molecule has 126 valence electrons. The highest BCUT2D eigenvalue weighted by Crippen LogP contribution is 2.26. The molecule has 0 aliphatic heterocycles. The van der Waals surface area contributed by atoms with Crippen LogP contribution in [0.3, 0.4) is 0 Å². The molecule has 5 nitrogen and oxygen atoms in total. The lowest BCUT2D eigenvalue weighted by Crippen LogP contribution is -2.34. The van der Waals surface area contributed by atoms with Gasteiger partial charge in [-0.2, -0.15) is 0 Å². The Labute approximate surface area is 139 Å². The Kier molecular flexibility index (Phi) is 5.05. The zero-order chi connectivity index (χ0) is 16.9. The van der Waals surface area contributed by atoms with E-state index >= 15 is 0 Å². The Hall–Kier alpha value is -2.47. The average Bonchev–Trinajstić information content (AvgIpc) is 3.02. The van der Waals surface area contributed by atoms with E-state index in [4.69, 9.17) is 4.74 Å². The summed E-state index contributed by atoms with van der Waals surface area (Å²) < 4.78 is 19.6.